The van der Waals surface area contributed by atoms with E-state index in [1.54, 1.807) is 21.6 Å². The van der Waals surface area contributed by atoms with Gasteiger partial charge in [-0.2, -0.15) is 0 Å². The SMILES string of the molecule is CC1CCN(C2C3=C(C=CCC3)SCCc3ccccc32)CC1.I. The molecule has 4 rings (SSSR count). The minimum absolute atomic E-state index is 0. The maximum absolute atomic E-state index is 2.78. The number of rotatable bonds is 1. The first-order chi connectivity index (χ1) is 11.3. The molecule has 24 heavy (non-hydrogen) atoms. The Balaban J connectivity index is 0.00000169. The molecule has 2 aliphatic heterocycles. The molecule has 3 heteroatoms. The van der Waals surface area contributed by atoms with Crippen LogP contribution in [0, 0.1) is 5.92 Å². The van der Waals surface area contributed by atoms with Crippen molar-refractivity contribution in [1.29, 1.82) is 0 Å². The zero-order chi connectivity index (χ0) is 15.6. The first-order valence-corrected chi connectivity index (χ1v) is 10.2. The van der Waals surface area contributed by atoms with E-state index in [9.17, 15) is 0 Å². The summed E-state index contributed by atoms with van der Waals surface area (Å²) in [6.07, 6.45) is 11.1. The molecule has 3 aliphatic rings. The Hall–Kier alpha value is -0.260. The van der Waals surface area contributed by atoms with E-state index in [-0.39, 0.29) is 24.0 Å². The Labute approximate surface area is 168 Å². The molecule has 2 heterocycles. The maximum atomic E-state index is 2.78. The van der Waals surface area contributed by atoms with Gasteiger partial charge in [0.05, 0.1) is 6.04 Å². The van der Waals surface area contributed by atoms with Gasteiger partial charge in [0.15, 0.2) is 0 Å². The number of hydrogen-bond acceptors (Lipinski definition) is 2. The van der Waals surface area contributed by atoms with Crippen molar-refractivity contribution in [3.05, 3.63) is 58.0 Å². The van der Waals surface area contributed by atoms with Gasteiger partial charge in [-0.1, -0.05) is 43.3 Å². The van der Waals surface area contributed by atoms with Gasteiger partial charge in [0, 0.05) is 10.7 Å². The van der Waals surface area contributed by atoms with Crippen LogP contribution in [0.2, 0.25) is 0 Å². The highest BCUT2D eigenvalue weighted by Crippen LogP contribution is 2.43. The van der Waals surface area contributed by atoms with E-state index >= 15 is 0 Å². The monoisotopic (exact) mass is 453 g/mol. The van der Waals surface area contributed by atoms with Gasteiger partial charge >= 0.3 is 0 Å². The van der Waals surface area contributed by atoms with Gasteiger partial charge < -0.3 is 0 Å². The molecule has 0 N–H and O–H groups in total. The van der Waals surface area contributed by atoms with Crippen LogP contribution in [0.15, 0.2) is 46.9 Å². The Kier molecular flexibility index (Phi) is 6.50. The van der Waals surface area contributed by atoms with Crippen LogP contribution >= 0.6 is 35.7 Å². The average Bonchev–Trinajstić information content (AvgIpc) is 2.57. The summed E-state index contributed by atoms with van der Waals surface area (Å²) >= 11 is 2.08. The lowest BCUT2D eigenvalue weighted by molar-refractivity contribution is 0.153. The minimum Gasteiger partial charge on any atom is -0.293 e. The number of likely N-dealkylation sites (tertiary alicyclic amines) is 1. The Morgan fingerprint density at radius 3 is 2.71 bits per heavy atom. The third-order valence-corrected chi connectivity index (χ3v) is 6.78. The van der Waals surface area contributed by atoms with E-state index < -0.39 is 0 Å². The number of benzene rings is 1. The summed E-state index contributed by atoms with van der Waals surface area (Å²) in [4.78, 5) is 4.34. The summed E-state index contributed by atoms with van der Waals surface area (Å²) < 4.78 is 0. The second kappa shape index (κ2) is 8.41. The first kappa shape index (κ1) is 18.5. The lowest BCUT2D eigenvalue weighted by atomic mass is 9.86. The standard InChI is InChI=1S/C21H27NS.HI/c1-16-10-13-22(14-11-16)21-18-7-3-2-6-17(18)12-15-23-20-9-5-4-8-19(20)21;/h2-3,5-7,9,16,21H,4,8,10-15H2,1H3;1H. The first-order valence-electron chi connectivity index (χ1n) is 9.17. The summed E-state index contributed by atoms with van der Waals surface area (Å²) in [6.45, 7) is 4.92. The fraction of sp³-hybridized carbons (Fsp3) is 0.524. The summed E-state index contributed by atoms with van der Waals surface area (Å²) in [6, 6.07) is 9.74. The lowest BCUT2D eigenvalue weighted by Crippen LogP contribution is -2.38. The van der Waals surface area contributed by atoms with Crippen LogP contribution in [-0.4, -0.2) is 23.7 Å². The number of halogens is 1. The molecular weight excluding hydrogens is 425 g/mol. The van der Waals surface area contributed by atoms with Gasteiger partial charge in [-0.05, 0) is 67.8 Å². The summed E-state index contributed by atoms with van der Waals surface area (Å²) in [5, 5.41) is 0. The largest absolute Gasteiger partial charge is 0.293 e. The molecule has 0 spiro atoms. The van der Waals surface area contributed by atoms with Crippen LogP contribution in [0.4, 0.5) is 0 Å². The highest BCUT2D eigenvalue weighted by atomic mass is 127. The van der Waals surface area contributed by atoms with Crippen molar-refractivity contribution in [1.82, 2.24) is 4.90 Å². The van der Waals surface area contributed by atoms with Gasteiger partial charge in [0.1, 0.15) is 0 Å². The fourth-order valence-electron chi connectivity index (χ4n) is 4.26. The molecule has 1 aromatic rings. The molecule has 1 nitrogen and oxygen atoms in total. The third kappa shape index (κ3) is 3.78. The van der Waals surface area contributed by atoms with Crippen molar-refractivity contribution in [3.8, 4) is 0 Å². The highest BCUT2D eigenvalue weighted by molar-refractivity contribution is 14.0. The van der Waals surface area contributed by atoms with Crippen molar-refractivity contribution in [3.63, 3.8) is 0 Å². The fourth-order valence-corrected chi connectivity index (χ4v) is 5.40. The van der Waals surface area contributed by atoms with Crippen molar-refractivity contribution < 1.29 is 0 Å². The zero-order valence-corrected chi connectivity index (χ0v) is 17.7. The number of thioether (sulfide) groups is 1. The average molecular weight is 453 g/mol. The molecule has 0 bridgehead atoms. The van der Waals surface area contributed by atoms with Gasteiger partial charge in [0.25, 0.3) is 0 Å². The number of hydrogen-bond donors (Lipinski definition) is 0. The van der Waals surface area contributed by atoms with E-state index in [0.717, 1.165) is 5.92 Å². The second-order valence-corrected chi connectivity index (χ2v) is 8.39. The van der Waals surface area contributed by atoms with Crippen LogP contribution in [-0.2, 0) is 6.42 Å². The number of piperidine rings is 1. The topological polar surface area (TPSA) is 3.24 Å². The van der Waals surface area contributed by atoms with Crippen molar-refractivity contribution in [2.45, 2.75) is 45.1 Å². The van der Waals surface area contributed by atoms with E-state index in [1.807, 2.05) is 0 Å². The molecule has 1 atom stereocenters. The third-order valence-electron chi connectivity index (χ3n) is 5.66. The molecule has 1 unspecified atom stereocenters. The lowest BCUT2D eigenvalue weighted by Gasteiger charge is -2.41. The highest BCUT2D eigenvalue weighted by Gasteiger charge is 2.31. The number of fused-ring (bicyclic) bond motifs is 1. The maximum Gasteiger partial charge on any atom is 0.0577 e. The van der Waals surface area contributed by atoms with Gasteiger partial charge in [0.2, 0.25) is 0 Å². The predicted molar refractivity (Wildman–Crippen MR) is 116 cm³/mol. The second-order valence-electron chi connectivity index (χ2n) is 7.25. The molecule has 130 valence electrons. The molecule has 1 aromatic carbocycles. The van der Waals surface area contributed by atoms with Gasteiger partial charge in [-0.25, -0.2) is 0 Å². The molecule has 0 saturated carbocycles. The van der Waals surface area contributed by atoms with Crippen LogP contribution in [0.5, 0.6) is 0 Å². The minimum atomic E-state index is 0. The van der Waals surface area contributed by atoms with Crippen LogP contribution in [0.3, 0.4) is 0 Å². The van der Waals surface area contributed by atoms with Gasteiger partial charge in [-0.15, -0.1) is 35.7 Å². The van der Waals surface area contributed by atoms with Crippen molar-refractivity contribution in [2.75, 3.05) is 18.8 Å². The number of allylic oxidation sites excluding steroid dienone is 2. The zero-order valence-electron chi connectivity index (χ0n) is 14.5. The van der Waals surface area contributed by atoms with Crippen LogP contribution in [0.25, 0.3) is 0 Å². The normalized spacial score (nSPS) is 25.3. The number of aryl methyl sites for hydroxylation is 1. The quantitative estimate of drug-likeness (QED) is 0.482. The molecular formula is C21H28INS. The molecule has 0 radical (unpaired) electrons. The Morgan fingerprint density at radius 1 is 1.08 bits per heavy atom. The number of nitrogens with zero attached hydrogens (tertiary/aromatic N) is 1. The Bertz CT molecular complexity index is 628. The molecule has 1 aliphatic carbocycles. The molecule has 1 fully saturated rings. The predicted octanol–water partition coefficient (Wildman–Crippen LogP) is 5.97. The van der Waals surface area contributed by atoms with Crippen molar-refractivity contribution >= 4 is 35.7 Å². The van der Waals surface area contributed by atoms with E-state index in [0.29, 0.717) is 6.04 Å². The van der Waals surface area contributed by atoms with Crippen LogP contribution < -0.4 is 0 Å². The summed E-state index contributed by atoms with van der Waals surface area (Å²) in [5.74, 6) is 2.10. The smallest absolute Gasteiger partial charge is 0.0577 e. The van der Waals surface area contributed by atoms with Crippen molar-refractivity contribution in [2.24, 2.45) is 5.92 Å². The summed E-state index contributed by atoms with van der Waals surface area (Å²) in [7, 11) is 0. The van der Waals surface area contributed by atoms with E-state index in [4.69, 9.17) is 0 Å². The van der Waals surface area contributed by atoms with Gasteiger partial charge in [-0.3, -0.25) is 4.90 Å². The van der Waals surface area contributed by atoms with E-state index in [1.165, 1.54) is 50.9 Å². The molecule has 0 amide bonds. The van der Waals surface area contributed by atoms with E-state index in [2.05, 4.69) is 60.0 Å². The van der Waals surface area contributed by atoms with Crippen LogP contribution in [0.1, 0.15) is 49.8 Å². The summed E-state index contributed by atoms with van der Waals surface area (Å²) in [5.41, 5.74) is 4.86. The molecule has 1 saturated heterocycles. The Morgan fingerprint density at radius 2 is 1.88 bits per heavy atom. The molecule has 0 aromatic heterocycles.